The summed E-state index contributed by atoms with van der Waals surface area (Å²) in [6.45, 7) is 7.75. The molecule has 1 heterocycles. The highest BCUT2D eigenvalue weighted by Gasteiger charge is 2.11. The van der Waals surface area contributed by atoms with E-state index in [0.29, 0.717) is 0 Å². The average molecular weight is 219 g/mol. The van der Waals surface area contributed by atoms with Crippen molar-refractivity contribution in [2.75, 3.05) is 0 Å². The van der Waals surface area contributed by atoms with E-state index in [1.807, 2.05) is 13.0 Å². The van der Waals surface area contributed by atoms with E-state index in [1.54, 1.807) is 0 Å². The molecule has 0 fully saturated rings. The van der Waals surface area contributed by atoms with E-state index in [2.05, 4.69) is 29.8 Å². The number of unbranched alkanes of at least 4 members (excludes halogenated alkanes) is 1. The van der Waals surface area contributed by atoms with Crippen LogP contribution in [0.3, 0.4) is 0 Å². The van der Waals surface area contributed by atoms with Gasteiger partial charge < -0.3 is 5.73 Å². The van der Waals surface area contributed by atoms with Gasteiger partial charge >= 0.3 is 0 Å². The highest BCUT2D eigenvalue weighted by Crippen LogP contribution is 2.20. The Kier molecular flexibility index (Phi) is 5.12. The quantitative estimate of drug-likeness (QED) is 0.591. The van der Waals surface area contributed by atoms with Crippen molar-refractivity contribution in [3.8, 4) is 0 Å². The van der Waals surface area contributed by atoms with Gasteiger partial charge in [-0.2, -0.15) is 10.2 Å². The second-order valence-corrected chi connectivity index (χ2v) is 4.07. The number of aryl methyl sites for hydroxylation is 2. The van der Waals surface area contributed by atoms with Crippen molar-refractivity contribution in [3.05, 3.63) is 35.7 Å². The molecule has 0 aromatic carbocycles. The summed E-state index contributed by atoms with van der Waals surface area (Å²) in [5.41, 5.74) is 9.29. The third-order valence-corrected chi connectivity index (χ3v) is 2.68. The topological polar surface area (TPSA) is 51.8 Å². The number of hydrogen-bond acceptors (Lipinski definition) is 3. The van der Waals surface area contributed by atoms with Crippen LogP contribution in [0.25, 0.3) is 0 Å². The number of allylic oxidation sites excluding steroid dienone is 1. The summed E-state index contributed by atoms with van der Waals surface area (Å²) in [7, 11) is 0. The van der Waals surface area contributed by atoms with E-state index in [-0.39, 0.29) is 6.04 Å². The number of rotatable bonds is 6. The summed E-state index contributed by atoms with van der Waals surface area (Å²) in [6, 6.07) is 2.13. The Labute approximate surface area is 97.8 Å². The molecular formula is C13H21N3. The first-order chi connectivity index (χ1) is 7.69. The number of nitrogens with zero attached hydrogens (tertiary/aromatic N) is 2. The summed E-state index contributed by atoms with van der Waals surface area (Å²) in [5, 5.41) is 8.26. The van der Waals surface area contributed by atoms with E-state index in [0.717, 1.165) is 42.6 Å². The van der Waals surface area contributed by atoms with Crippen molar-refractivity contribution >= 4 is 0 Å². The number of aromatic nitrogens is 2. The fourth-order valence-electron chi connectivity index (χ4n) is 1.77. The second-order valence-electron chi connectivity index (χ2n) is 4.07. The van der Waals surface area contributed by atoms with Crippen LogP contribution in [0, 0.1) is 6.92 Å². The molecule has 1 atom stereocenters. The fraction of sp³-hybridized carbons (Fsp3) is 0.538. The zero-order chi connectivity index (χ0) is 12.0. The number of hydrogen-bond donors (Lipinski definition) is 1. The van der Waals surface area contributed by atoms with Gasteiger partial charge in [0.15, 0.2) is 0 Å². The summed E-state index contributed by atoms with van der Waals surface area (Å²) < 4.78 is 0. The molecule has 0 bridgehead atoms. The van der Waals surface area contributed by atoms with E-state index < -0.39 is 0 Å². The lowest BCUT2D eigenvalue weighted by Crippen LogP contribution is -2.14. The Morgan fingerprint density at radius 3 is 2.88 bits per heavy atom. The first-order valence-corrected chi connectivity index (χ1v) is 5.88. The molecule has 0 radical (unpaired) electrons. The van der Waals surface area contributed by atoms with Gasteiger partial charge in [-0.1, -0.05) is 13.0 Å². The first kappa shape index (κ1) is 12.8. The Balaban J connectivity index is 2.75. The third kappa shape index (κ3) is 3.42. The molecule has 0 aliphatic carbocycles. The normalized spacial score (nSPS) is 12.4. The van der Waals surface area contributed by atoms with Crippen LogP contribution in [0.2, 0.25) is 0 Å². The van der Waals surface area contributed by atoms with Crippen LogP contribution in [0.15, 0.2) is 18.7 Å². The summed E-state index contributed by atoms with van der Waals surface area (Å²) in [5.74, 6) is 0. The molecule has 1 aromatic heterocycles. The largest absolute Gasteiger partial charge is 0.324 e. The maximum atomic E-state index is 6.18. The molecule has 3 nitrogen and oxygen atoms in total. The second kappa shape index (κ2) is 6.38. The maximum absolute atomic E-state index is 6.18. The average Bonchev–Trinajstić information content (AvgIpc) is 2.29. The zero-order valence-corrected chi connectivity index (χ0v) is 10.2. The molecule has 0 aliphatic rings. The predicted molar refractivity (Wildman–Crippen MR) is 67.1 cm³/mol. The smallest absolute Gasteiger partial charge is 0.0676 e. The van der Waals surface area contributed by atoms with Crippen molar-refractivity contribution in [3.63, 3.8) is 0 Å². The minimum absolute atomic E-state index is 0.0732. The lowest BCUT2D eigenvalue weighted by Gasteiger charge is -2.14. The van der Waals surface area contributed by atoms with Crippen molar-refractivity contribution < 1.29 is 0 Å². The van der Waals surface area contributed by atoms with Gasteiger partial charge in [0.05, 0.1) is 11.4 Å². The minimum Gasteiger partial charge on any atom is -0.324 e. The summed E-state index contributed by atoms with van der Waals surface area (Å²) >= 11 is 0. The Morgan fingerprint density at radius 1 is 1.50 bits per heavy atom. The van der Waals surface area contributed by atoms with Crippen LogP contribution in [-0.2, 0) is 6.42 Å². The van der Waals surface area contributed by atoms with Crippen LogP contribution < -0.4 is 5.73 Å². The van der Waals surface area contributed by atoms with Gasteiger partial charge in [-0.15, -0.1) is 6.58 Å². The van der Waals surface area contributed by atoms with Gasteiger partial charge in [0.1, 0.15) is 0 Å². The number of nitrogens with two attached hydrogens (primary N) is 1. The highest BCUT2D eigenvalue weighted by atomic mass is 15.1. The van der Waals surface area contributed by atoms with Crippen LogP contribution in [0.4, 0.5) is 0 Å². The molecule has 0 aliphatic heterocycles. The Hall–Kier alpha value is -1.22. The lowest BCUT2D eigenvalue weighted by molar-refractivity contribution is 0.604. The van der Waals surface area contributed by atoms with Gasteiger partial charge in [0.25, 0.3) is 0 Å². The van der Waals surface area contributed by atoms with Crippen LogP contribution in [0.5, 0.6) is 0 Å². The van der Waals surface area contributed by atoms with Gasteiger partial charge in [-0.3, -0.25) is 0 Å². The zero-order valence-electron chi connectivity index (χ0n) is 10.2. The third-order valence-electron chi connectivity index (χ3n) is 2.68. The Bertz CT molecular complexity index is 347. The van der Waals surface area contributed by atoms with E-state index in [1.165, 1.54) is 0 Å². The van der Waals surface area contributed by atoms with Gasteiger partial charge in [-0.25, -0.2) is 0 Å². The molecule has 1 aromatic rings. The standard InChI is InChI=1S/C13H21N3/c1-4-6-7-8-12(14)11-9-10(3)15-16-13(11)5-2/h4,9,12H,1,5-8,14H2,2-3H3. The van der Waals surface area contributed by atoms with Crippen molar-refractivity contribution in [2.45, 2.75) is 45.6 Å². The molecule has 0 saturated carbocycles. The first-order valence-electron chi connectivity index (χ1n) is 5.88. The van der Waals surface area contributed by atoms with E-state index in [4.69, 9.17) is 5.73 Å². The summed E-state index contributed by atoms with van der Waals surface area (Å²) in [6.07, 6.45) is 5.90. The monoisotopic (exact) mass is 219 g/mol. The molecule has 3 heteroatoms. The molecule has 0 saturated heterocycles. The lowest BCUT2D eigenvalue weighted by atomic mass is 9.99. The molecule has 0 amide bonds. The molecule has 0 spiro atoms. The van der Waals surface area contributed by atoms with Crippen LogP contribution in [-0.4, -0.2) is 10.2 Å². The Morgan fingerprint density at radius 2 is 2.25 bits per heavy atom. The van der Waals surface area contributed by atoms with Crippen molar-refractivity contribution in [2.24, 2.45) is 5.73 Å². The van der Waals surface area contributed by atoms with Gasteiger partial charge in [0.2, 0.25) is 0 Å². The molecule has 2 N–H and O–H groups in total. The fourth-order valence-corrected chi connectivity index (χ4v) is 1.77. The van der Waals surface area contributed by atoms with E-state index >= 15 is 0 Å². The predicted octanol–water partition coefficient (Wildman–Crippen LogP) is 2.70. The van der Waals surface area contributed by atoms with E-state index in [9.17, 15) is 0 Å². The van der Waals surface area contributed by atoms with Gasteiger partial charge in [-0.05, 0) is 44.2 Å². The molecule has 16 heavy (non-hydrogen) atoms. The van der Waals surface area contributed by atoms with Gasteiger partial charge in [0, 0.05) is 6.04 Å². The minimum atomic E-state index is 0.0732. The van der Waals surface area contributed by atoms with Crippen molar-refractivity contribution in [1.29, 1.82) is 0 Å². The molecular weight excluding hydrogens is 198 g/mol. The summed E-state index contributed by atoms with van der Waals surface area (Å²) in [4.78, 5) is 0. The van der Waals surface area contributed by atoms with Crippen molar-refractivity contribution in [1.82, 2.24) is 10.2 Å². The molecule has 1 rings (SSSR count). The molecule has 1 unspecified atom stereocenters. The maximum Gasteiger partial charge on any atom is 0.0676 e. The van der Waals surface area contributed by atoms with Crippen LogP contribution in [0.1, 0.15) is 49.2 Å². The van der Waals surface area contributed by atoms with Crippen LogP contribution >= 0.6 is 0 Å². The highest BCUT2D eigenvalue weighted by molar-refractivity contribution is 5.24. The molecule has 88 valence electrons. The SMILES string of the molecule is C=CCCCC(N)c1cc(C)nnc1CC.